The number of aldehydes is 1. The summed E-state index contributed by atoms with van der Waals surface area (Å²) in [6.07, 6.45) is 0.681. The average molecular weight is 281 g/mol. The zero-order valence-electron chi connectivity index (χ0n) is 9.61. The van der Waals surface area contributed by atoms with E-state index >= 15 is 0 Å². The standard InChI is InChI=1S/C14H10Cl2O2/c1-9-7-10(5-6-12(9)15)18-14-4-2-3-13(16)11(14)8-17/h2-8H,1H3. The summed E-state index contributed by atoms with van der Waals surface area (Å²) < 4.78 is 5.64. The van der Waals surface area contributed by atoms with Gasteiger partial charge < -0.3 is 4.74 Å². The van der Waals surface area contributed by atoms with Crippen LogP contribution in [-0.4, -0.2) is 6.29 Å². The Balaban J connectivity index is 2.36. The van der Waals surface area contributed by atoms with E-state index in [2.05, 4.69) is 0 Å². The third kappa shape index (κ3) is 2.66. The van der Waals surface area contributed by atoms with Gasteiger partial charge in [-0.3, -0.25) is 4.79 Å². The molecule has 0 saturated carbocycles. The summed E-state index contributed by atoms with van der Waals surface area (Å²) in [6.45, 7) is 1.88. The SMILES string of the molecule is Cc1cc(Oc2cccc(Cl)c2C=O)ccc1Cl. The van der Waals surface area contributed by atoms with Crippen LogP contribution < -0.4 is 4.74 Å². The van der Waals surface area contributed by atoms with E-state index in [1.165, 1.54) is 0 Å². The van der Waals surface area contributed by atoms with Crippen LogP contribution in [0.25, 0.3) is 0 Å². The Morgan fingerprint density at radius 1 is 1.11 bits per heavy atom. The van der Waals surface area contributed by atoms with E-state index in [1.807, 2.05) is 6.92 Å². The van der Waals surface area contributed by atoms with Crippen LogP contribution in [0.15, 0.2) is 36.4 Å². The Kier molecular flexibility index (Phi) is 3.90. The van der Waals surface area contributed by atoms with E-state index in [-0.39, 0.29) is 0 Å². The molecule has 0 amide bonds. The molecule has 2 aromatic rings. The van der Waals surface area contributed by atoms with Crippen molar-refractivity contribution in [3.05, 3.63) is 57.6 Å². The summed E-state index contributed by atoms with van der Waals surface area (Å²) in [5, 5.41) is 1.04. The van der Waals surface area contributed by atoms with Gasteiger partial charge in [0.05, 0.1) is 10.6 Å². The molecule has 0 spiro atoms. The molecule has 18 heavy (non-hydrogen) atoms. The molecule has 0 radical (unpaired) electrons. The minimum atomic E-state index is 0.340. The first-order valence-electron chi connectivity index (χ1n) is 5.29. The molecule has 0 aromatic heterocycles. The number of aryl methyl sites for hydroxylation is 1. The third-order valence-corrected chi connectivity index (χ3v) is 3.24. The van der Waals surface area contributed by atoms with Crippen molar-refractivity contribution in [3.8, 4) is 11.5 Å². The van der Waals surface area contributed by atoms with E-state index < -0.39 is 0 Å². The first-order chi connectivity index (χ1) is 8.61. The molecule has 4 heteroatoms. The summed E-state index contributed by atoms with van der Waals surface area (Å²) >= 11 is 11.9. The molecule has 0 fully saturated rings. The maximum atomic E-state index is 11.0. The van der Waals surface area contributed by atoms with Crippen LogP contribution in [0.5, 0.6) is 11.5 Å². The molecule has 0 atom stereocenters. The molecule has 0 aliphatic heterocycles. The van der Waals surface area contributed by atoms with Crippen molar-refractivity contribution in [1.82, 2.24) is 0 Å². The quantitative estimate of drug-likeness (QED) is 0.747. The van der Waals surface area contributed by atoms with Crippen molar-refractivity contribution in [2.45, 2.75) is 6.92 Å². The van der Waals surface area contributed by atoms with Crippen LogP contribution in [0.2, 0.25) is 10.0 Å². The van der Waals surface area contributed by atoms with E-state index in [0.717, 1.165) is 5.56 Å². The number of carbonyl (C=O) groups excluding carboxylic acids is 1. The summed E-state index contributed by atoms with van der Waals surface area (Å²) in [5.41, 5.74) is 1.25. The summed E-state index contributed by atoms with van der Waals surface area (Å²) in [7, 11) is 0. The first kappa shape index (κ1) is 12.9. The lowest BCUT2D eigenvalue weighted by atomic mass is 10.2. The zero-order valence-corrected chi connectivity index (χ0v) is 11.1. The van der Waals surface area contributed by atoms with Gasteiger partial charge in [0.2, 0.25) is 0 Å². The zero-order chi connectivity index (χ0) is 13.1. The fraction of sp³-hybridized carbons (Fsp3) is 0.0714. The largest absolute Gasteiger partial charge is 0.457 e. The van der Waals surface area contributed by atoms with E-state index in [0.29, 0.717) is 33.4 Å². The molecule has 0 aliphatic carbocycles. The van der Waals surface area contributed by atoms with Gasteiger partial charge in [0.15, 0.2) is 6.29 Å². The lowest BCUT2D eigenvalue weighted by Crippen LogP contribution is -1.91. The maximum absolute atomic E-state index is 11.0. The van der Waals surface area contributed by atoms with Gasteiger partial charge in [-0.25, -0.2) is 0 Å². The van der Waals surface area contributed by atoms with Gasteiger partial charge in [-0.2, -0.15) is 0 Å². The first-order valence-corrected chi connectivity index (χ1v) is 6.05. The Bertz CT molecular complexity index is 594. The second-order valence-electron chi connectivity index (χ2n) is 3.78. The molecule has 0 unspecified atom stereocenters. The number of hydrogen-bond donors (Lipinski definition) is 0. The van der Waals surface area contributed by atoms with E-state index in [4.69, 9.17) is 27.9 Å². The minimum Gasteiger partial charge on any atom is -0.457 e. The van der Waals surface area contributed by atoms with Gasteiger partial charge in [-0.15, -0.1) is 0 Å². The highest BCUT2D eigenvalue weighted by Crippen LogP contribution is 2.30. The molecule has 92 valence electrons. The van der Waals surface area contributed by atoms with Crippen LogP contribution in [-0.2, 0) is 0 Å². The van der Waals surface area contributed by atoms with Crippen molar-refractivity contribution in [1.29, 1.82) is 0 Å². The fourth-order valence-corrected chi connectivity index (χ4v) is 1.86. The highest BCUT2D eigenvalue weighted by atomic mass is 35.5. The predicted octanol–water partition coefficient (Wildman–Crippen LogP) is 4.91. The van der Waals surface area contributed by atoms with E-state index in [9.17, 15) is 4.79 Å². The van der Waals surface area contributed by atoms with Crippen molar-refractivity contribution in [2.75, 3.05) is 0 Å². The molecule has 0 heterocycles. The molecular weight excluding hydrogens is 271 g/mol. The lowest BCUT2D eigenvalue weighted by Gasteiger charge is -2.10. The summed E-state index contributed by atoms with van der Waals surface area (Å²) in [5.74, 6) is 1.04. The Labute approximate surface area is 115 Å². The third-order valence-electron chi connectivity index (χ3n) is 2.49. The van der Waals surface area contributed by atoms with Crippen LogP contribution >= 0.6 is 23.2 Å². The molecular formula is C14H10Cl2O2. The molecule has 2 rings (SSSR count). The smallest absolute Gasteiger partial charge is 0.155 e. The molecule has 0 saturated heterocycles. The van der Waals surface area contributed by atoms with Crippen LogP contribution in [0.4, 0.5) is 0 Å². The Morgan fingerprint density at radius 3 is 2.56 bits per heavy atom. The number of benzene rings is 2. The van der Waals surface area contributed by atoms with Crippen molar-refractivity contribution in [3.63, 3.8) is 0 Å². The number of hydrogen-bond acceptors (Lipinski definition) is 2. The number of carbonyl (C=O) groups is 1. The van der Waals surface area contributed by atoms with Crippen molar-refractivity contribution >= 4 is 29.5 Å². The summed E-state index contributed by atoms with van der Waals surface area (Å²) in [4.78, 5) is 11.0. The van der Waals surface area contributed by atoms with Crippen molar-refractivity contribution < 1.29 is 9.53 Å². The molecule has 2 nitrogen and oxygen atoms in total. The second kappa shape index (κ2) is 5.42. The second-order valence-corrected chi connectivity index (χ2v) is 4.60. The molecule has 2 aromatic carbocycles. The average Bonchev–Trinajstić information content (AvgIpc) is 2.34. The predicted molar refractivity (Wildman–Crippen MR) is 73.1 cm³/mol. The van der Waals surface area contributed by atoms with Gasteiger partial charge in [0.25, 0.3) is 0 Å². The number of ether oxygens (including phenoxy) is 1. The molecule has 0 aliphatic rings. The highest BCUT2D eigenvalue weighted by molar-refractivity contribution is 6.33. The Morgan fingerprint density at radius 2 is 1.89 bits per heavy atom. The minimum absolute atomic E-state index is 0.340. The van der Waals surface area contributed by atoms with Gasteiger partial charge in [-0.1, -0.05) is 29.3 Å². The van der Waals surface area contributed by atoms with Gasteiger partial charge in [0, 0.05) is 5.02 Å². The lowest BCUT2D eigenvalue weighted by molar-refractivity contribution is 0.112. The highest BCUT2D eigenvalue weighted by Gasteiger charge is 2.08. The molecule has 0 N–H and O–H groups in total. The normalized spacial score (nSPS) is 10.2. The monoisotopic (exact) mass is 280 g/mol. The van der Waals surface area contributed by atoms with Gasteiger partial charge in [-0.05, 0) is 42.8 Å². The topological polar surface area (TPSA) is 26.3 Å². The van der Waals surface area contributed by atoms with Gasteiger partial charge in [0.1, 0.15) is 11.5 Å². The van der Waals surface area contributed by atoms with Crippen molar-refractivity contribution in [2.24, 2.45) is 0 Å². The maximum Gasteiger partial charge on any atom is 0.155 e. The van der Waals surface area contributed by atoms with Gasteiger partial charge >= 0.3 is 0 Å². The van der Waals surface area contributed by atoms with Crippen LogP contribution in [0.3, 0.4) is 0 Å². The summed E-state index contributed by atoms with van der Waals surface area (Å²) in [6, 6.07) is 10.4. The van der Waals surface area contributed by atoms with E-state index in [1.54, 1.807) is 36.4 Å². The van der Waals surface area contributed by atoms with Crippen LogP contribution in [0.1, 0.15) is 15.9 Å². The van der Waals surface area contributed by atoms with Crippen LogP contribution in [0, 0.1) is 6.92 Å². The molecule has 0 bridgehead atoms. The number of rotatable bonds is 3. The Hall–Kier alpha value is -1.51. The number of halogens is 2. The fourth-order valence-electron chi connectivity index (χ4n) is 1.53.